The Morgan fingerprint density at radius 1 is 0.972 bits per heavy atom. The van der Waals surface area contributed by atoms with E-state index in [4.69, 9.17) is 44.9 Å². The number of allylic oxidation sites excluding steroid dienone is 3. The Bertz CT molecular complexity index is 2320. The molecule has 388 valence electrons. The maximum absolute atomic E-state index is 14.2. The van der Waals surface area contributed by atoms with Gasteiger partial charge in [0.2, 0.25) is 17.7 Å². The number of hydroxylamine groups is 2. The number of benzene rings is 1. The molecule has 1 aliphatic carbocycles. The average Bonchev–Trinajstić information content (AvgIpc) is 3.77. The second-order valence-corrected chi connectivity index (χ2v) is 21.3. The fourth-order valence-corrected chi connectivity index (χ4v) is 11.7. The van der Waals surface area contributed by atoms with E-state index in [1.165, 1.54) is 35.8 Å². The summed E-state index contributed by atoms with van der Waals surface area (Å²) in [5.41, 5.74) is -2.29. The zero-order valence-electron chi connectivity index (χ0n) is 40.9. The number of nitrogens with zero attached hydrogens (tertiary/aromatic N) is 3. The van der Waals surface area contributed by atoms with Crippen molar-refractivity contribution in [3.05, 3.63) is 46.5 Å². The number of likely N-dealkylation sites (tertiary alicyclic amines) is 1. The molecule has 7 atom stereocenters. The Balaban J connectivity index is 0.935. The highest BCUT2D eigenvalue weighted by Gasteiger charge is 2.63. The molecule has 22 heteroatoms. The Labute approximate surface area is 421 Å². The molecule has 6 heterocycles. The van der Waals surface area contributed by atoms with Crippen LogP contribution in [0.5, 0.6) is 5.75 Å². The van der Waals surface area contributed by atoms with Crippen molar-refractivity contribution in [3.63, 3.8) is 0 Å². The van der Waals surface area contributed by atoms with Gasteiger partial charge in [-0.2, -0.15) is 0 Å². The predicted molar refractivity (Wildman–Crippen MR) is 254 cm³/mol. The van der Waals surface area contributed by atoms with Crippen molar-refractivity contribution in [2.24, 2.45) is 11.8 Å². The maximum atomic E-state index is 14.2. The lowest BCUT2D eigenvalue weighted by atomic mass is 9.72. The topological polar surface area (TPSA) is 243 Å². The van der Waals surface area contributed by atoms with E-state index in [1.54, 1.807) is 45.2 Å². The Hall–Kier alpha value is -5.06. The third-order valence-electron chi connectivity index (χ3n) is 14.1. The maximum Gasteiger partial charge on any atom is 0.409 e. The molecule has 1 aromatic rings. The van der Waals surface area contributed by atoms with Gasteiger partial charge in [0.25, 0.3) is 11.8 Å². The number of rotatable bonds is 14. The molecule has 71 heavy (non-hydrogen) atoms. The normalized spacial score (nSPS) is 32.7. The number of amides is 6. The van der Waals surface area contributed by atoms with Crippen LogP contribution in [0.4, 0.5) is 10.5 Å². The molecule has 0 aromatic heterocycles. The fraction of sp³-hybridized carbons (Fsp3) is 0.633. The molecule has 6 bridgehead atoms. The number of fused-ring (bicyclic) bond motifs is 6. The zero-order chi connectivity index (χ0) is 51.4. The molecule has 1 aromatic carbocycles. The number of anilines is 1. The molecule has 6 amide bonds. The monoisotopic (exact) mass is 1030 g/mol. The first-order valence-corrected chi connectivity index (χ1v) is 25.3. The largest absolute Gasteiger partial charge is 0.495 e. The van der Waals surface area contributed by atoms with E-state index in [-0.39, 0.29) is 74.4 Å². The summed E-state index contributed by atoms with van der Waals surface area (Å²) in [5.74, 6) is -3.16. The summed E-state index contributed by atoms with van der Waals surface area (Å²) in [7, 11) is 4.44. The smallest absolute Gasteiger partial charge is 0.409 e. The Morgan fingerprint density at radius 3 is 2.35 bits per heavy atom. The second kappa shape index (κ2) is 22.4. The SMILES string of the molecule is COc1cc2cc(c1Cl)N(C)C(=O)C[C@H](OC(=O)COCCCSC1CC(=O)N(C[C@H]3CC[C@H](C(=O)ON4C(=O)CCC4=O)CC3)C1=O)[C@@]1(C)CC(C)(O1)C1C[C@@](O)(NC(=O)O1)[C@H](OC)/C=C/C=C(\C)C2. The minimum atomic E-state index is -1.89. The molecule has 0 spiro atoms. The number of alkyl carbamates (subject to hydrolysis) is 1. The molecule has 5 fully saturated rings. The van der Waals surface area contributed by atoms with Crippen LogP contribution >= 0.6 is 23.4 Å². The molecule has 3 unspecified atom stereocenters. The molecular formula is C49H63ClN4O16S. The van der Waals surface area contributed by atoms with E-state index < -0.39 is 88.8 Å². The van der Waals surface area contributed by atoms with Gasteiger partial charge in [0.15, 0.2) is 5.72 Å². The minimum absolute atomic E-state index is 0.00156. The van der Waals surface area contributed by atoms with Crippen LogP contribution in [0.2, 0.25) is 5.02 Å². The van der Waals surface area contributed by atoms with Gasteiger partial charge >= 0.3 is 18.0 Å². The summed E-state index contributed by atoms with van der Waals surface area (Å²) in [5, 5.41) is 14.5. The number of esters is 1. The summed E-state index contributed by atoms with van der Waals surface area (Å²) >= 11 is 8.11. The third kappa shape index (κ3) is 12.2. The van der Waals surface area contributed by atoms with Crippen LogP contribution in [0.1, 0.15) is 97.0 Å². The van der Waals surface area contributed by atoms with Crippen molar-refractivity contribution in [1.29, 1.82) is 0 Å². The van der Waals surface area contributed by atoms with Crippen molar-refractivity contribution in [1.82, 2.24) is 15.3 Å². The van der Waals surface area contributed by atoms with Gasteiger partial charge in [0.05, 0.1) is 30.4 Å². The first-order chi connectivity index (χ1) is 33.6. The van der Waals surface area contributed by atoms with Crippen molar-refractivity contribution in [3.8, 4) is 5.75 Å². The van der Waals surface area contributed by atoms with Crippen LogP contribution in [-0.2, 0) is 68.5 Å². The number of carbonyl (C=O) groups excluding carboxylic acids is 8. The van der Waals surface area contributed by atoms with E-state index in [0.29, 0.717) is 60.8 Å². The number of nitrogens with one attached hydrogen (secondary N) is 1. The van der Waals surface area contributed by atoms with Crippen LogP contribution in [0.15, 0.2) is 35.9 Å². The molecule has 4 saturated heterocycles. The molecular weight excluding hydrogens is 968 g/mol. The predicted octanol–water partition coefficient (Wildman–Crippen LogP) is 4.49. The highest BCUT2D eigenvalue weighted by molar-refractivity contribution is 8.00. The van der Waals surface area contributed by atoms with Crippen LogP contribution in [0, 0.1) is 11.8 Å². The van der Waals surface area contributed by atoms with Gasteiger partial charge < -0.3 is 43.3 Å². The number of aliphatic hydroxyl groups is 1. The van der Waals surface area contributed by atoms with Crippen molar-refractivity contribution in [2.45, 2.75) is 138 Å². The summed E-state index contributed by atoms with van der Waals surface area (Å²) in [6.07, 6.45) is 3.85. The molecule has 1 saturated carbocycles. The third-order valence-corrected chi connectivity index (χ3v) is 15.8. The molecule has 2 N–H and O–H groups in total. The van der Waals surface area contributed by atoms with Gasteiger partial charge in [0.1, 0.15) is 46.9 Å². The van der Waals surface area contributed by atoms with E-state index >= 15 is 0 Å². The summed E-state index contributed by atoms with van der Waals surface area (Å²) in [4.78, 5) is 111. The molecule has 6 aliphatic heterocycles. The van der Waals surface area contributed by atoms with Crippen molar-refractivity contribution < 1.29 is 76.7 Å². The number of ether oxygens (including phenoxy) is 6. The zero-order valence-corrected chi connectivity index (χ0v) is 42.4. The number of imide groups is 2. The fourth-order valence-electron chi connectivity index (χ4n) is 10.3. The number of hydrogen-bond donors (Lipinski definition) is 2. The van der Waals surface area contributed by atoms with E-state index in [9.17, 15) is 43.5 Å². The number of carbonyl (C=O) groups is 8. The van der Waals surface area contributed by atoms with Gasteiger partial charge in [-0.15, -0.1) is 16.8 Å². The van der Waals surface area contributed by atoms with Crippen molar-refractivity contribution in [2.75, 3.05) is 51.7 Å². The first-order valence-electron chi connectivity index (χ1n) is 23.9. The summed E-state index contributed by atoms with van der Waals surface area (Å²) in [6.45, 7) is 5.20. The average molecular weight is 1030 g/mol. The lowest BCUT2D eigenvalue weighted by molar-refractivity contribution is -0.328. The lowest BCUT2D eigenvalue weighted by Crippen LogP contribution is -2.72. The van der Waals surface area contributed by atoms with E-state index in [1.807, 2.05) is 13.0 Å². The van der Waals surface area contributed by atoms with E-state index in [2.05, 4.69) is 5.32 Å². The summed E-state index contributed by atoms with van der Waals surface area (Å²) in [6, 6.07) is 3.55. The molecule has 8 rings (SSSR count). The number of thioether (sulfide) groups is 1. The van der Waals surface area contributed by atoms with Crippen LogP contribution < -0.4 is 15.0 Å². The summed E-state index contributed by atoms with van der Waals surface area (Å²) < 4.78 is 35.1. The van der Waals surface area contributed by atoms with Crippen molar-refractivity contribution >= 4 is 76.6 Å². The second-order valence-electron chi connectivity index (χ2n) is 19.6. The molecule has 0 radical (unpaired) electrons. The lowest BCUT2D eigenvalue weighted by Gasteiger charge is -2.59. The minimum Gasteiger partial charge on any atom is -0.495 e. The number of halogens is 1. The highest BCUT2D eigenvalue weighted by atomic mass is 35.5. The quantitative estimate of drug-likeness (QED) is 0.148. The van der Waals surface area contributed by atoms with E-state index in [0.717, 1.165) is 11.1 Å². The first kappa shape index (κ1) is 53.7. The molecule has 20 nitrogen and oxygen atoms in total. The standard InChI is InChI=1S/C49H63ClN4O16S/c1-28-9-7-10-35(65-6)49(63)24-37(68-46(62)51-49)48(3)27-47(2,70-48)36(23-40(57)52(4)32-20-30(19-28)21-33(64-5)43(32)50)67-42(59)26-66-17-8-18-71-34-22-41(58)53(44(34)60)25-29-11-13-31(14-12-29)45(61)69-54-38(55)15-16-39(54)56/h7,9-10,20-21,29,31,34-37,63H,8,11-19,22-27H2,1-6H3,(H,51,62)/b10-7+,28-9+/t29-,31-,34?,35-,36+,37?,47-,48?,49+/m1/s1. The van der Waals surface area contributed by atoms with Crippen LogP contribution in [0.3, 0.4) is 0 Å². The van der Waals surface area contributed by atoms with Gasteiger partial charge in [-0.05, 0) is 88.7 Å². The van der Waals surface area contributed by atoms with Gasteiger partial charge in [-0.25, -0.2) is 14.4 Å². The Kier molecular flexibility index (Phi) is 16.9. The van der Waals surface area contributed by atoms with Gasteiger partial charge in [-0.3, -0.25) is 34.2 Å². The van der Waals surface area contributed by atoms with Crippen LogP contribution in [0.25, 0.3) is 0 Å². The molecule has 7 aliphatic rings. The number of methoxy groups -OCH3 is 2. The van der Waals surface area contributed by atoms with Gasteiger partial charge in [0, 0.05) is 59.4 Å². The van der Waals surface area contributed by atoms with Crippen LogP contribution in [-0.4, -0.2) is 150 Å². The van der Waals surface area contributed by atoms with Gasteiger partial charge in [-0.1, -0.05) is 35.4 Å². The Morgan fingerprint density at radius 2 is 1.68 bits per heavy atom. The number of hydrogen-bond acceptors (Lipinski definition) is 17. The highest BCUT2D eigenvalue weighted by Crippen LogP contribution is 2.50.